The van der Waals surface area contributed by atoms with E-state index in [4.69, 9.17) is 15.2 Å². The summed E-state index contributed by atoms with van der Waals surface area (Å²) in [6.45, 7) is 4.75. The molecule has 1 unspecified atom stereocenters. The Morgan fingerprint density at radius 1 is 1.37 bits per heavy atom. The van der Waals surface area contributed by atoms with Crippen molar-refractivity contribution in [3.05, 3.63) is 29.8 Å². The van der Waals surface area contributed by atoms with Gasteiger partial charge >= 0.3 is 0 Å². The molecule has 0 bridgehead atoms. The number of ether oxygens (including phenoxy) is 2. The quantitative estimate of drug-likeness (QED) is 0.756. The van der Waals surface area contributed by atoms with Crippen molar-refractivity contribution < 1.29 is 14.6 Å². The van der Waals surface area contributed by atoms with E-state index < -0.39 is 5.60 Å². The number of benzene rings is 1. The molecule has 0 radical (unpaired) electrons. The molecule has 108 valence electrons. The van der Waals surface area contributed by atoms with Crippen LogP contribution in [0.25, 0.3) is 0 Å². The van der Waals surface area contributed by atoms with E-state index in [0.717, 1.165) is 17.7 Å². The summed E-state index contributed by atoms with van der Waals surface area (Å²) in [6, 6.07) is 7.54. The predicted molar refractivity (Wildman–Crippen MR) is 76.3 cm³/mol. The Kier molecular flexibility index (Phi) is 6.28. The Bertz CT molecular complexity index is 381. The third-order valence-corrected chi connectivity index (χ3v) is 2.92. The summed E-state index contributed by atoms with van der Waals surface area (Å²) in [5.74, 6) is 0.759. The minimum absolute atomic E-state index is 0.106. The molecule has 0 saturated heterocycles. The number of hydrogen-bond donors (Lipinski definition) is 2. The molecule has 0 spiro atoms. The van der Waals surface area contributed by atoms with Gasteiger partial charge in [0.1, 0.15) is 11.4 Å². The topological polar surface area (TPSA) is 64.7 Å². The molecule has 3 N–H and O–H groups in total. The van der Waals surface area contributed by atoms with Crippen molar-refractivity contribution >= 4 is 0 Å². The Morgan fingerprint density at radius 3 is 2.68 bits per heavy atom. The molecule has 0 amide bonds. The van der Waals surface area contributed by atoms with Crippen LogP contribution in [0.2, 0.25) is 0 Å². The summed E-state index contributed by atoms with van der Waals surface area (Å²) in [7, 11) is 1.59. The predicted octanol–water partition coefficient (Wildman–Crippen LogP) is 2.05. The second-order valence-electron chi connectivity index (χ2n) is 5.05. The molecular formula is C15H25NO3. The average Bonchev–Trinajstić information content (AvgIpc) is 2.36. The highest BCUT2D eigenvalue weighted by atomic mass is 16.5. The lowest BCUT2D eigenvalue weighted by molar-refractivity contribution is -0.0431. The van der Waals surface area contributed by atoms with Crippen LogP contribution in [0, 0.1) is 0 Å². The summed E-state index contributed by atoms with van der Waals surface area (Å²) in [5.41, 5.74) is 5.33. The zero-order chi connectivity index (χ0) is 14.3. The average molecular weight is 267 g/mol. The van der Waals surface area contributed by atoms with Gasteiger partial charge in [0.2, 0.25) is 0 Å². The van der Waals surface area contributed by atoms with Crippen LogP contribution in [0.4, 0.5) is 0 Å². The summed E-state index contributed by atoms with van der Waals surface area (Å²) in [5, 5.41) is 10.7. The Balaban J connectivity index is 2.94. The van der Waals surface area contributed by atoms with Gasteiger partial charge in [-0.3, -0.25) is 0 Å². The monoisotopic (exact) mass is 267 g/mol. The van der Waals surface area contributed by atoms with Gasteiger partial charge in [0.25, 0.3) is 0 Å². The molecule has 1 aromatic carbocycles. The minimum Gasteiger partial charge on any atom is -0.491 e. The zero-order valence-corrected chi connectivity index (χ0v) is 12.1. The van der Waals surface area contributed by atoms with Crippen molar-refractivity contribution in [3.63, 3.8) is 0 Å². The van der Waals surface area contributed by atoms with Gasteiger partial charge in [-0.15, -0.1) is 0 Å². The molecule has 0 aromatic heterocycles. The molecule has 4 nitrogen and oxygen atoms in total. The van der Waals surface area contributed by atoms with Crippen LogP contribution in [-0.2, 0) is 10.3 Å². The van der Waals surface area contributed by atoms with Crippen LogP contribution >= 0.6 is 0 Å². The molecule has 0 fully saturated rings. The summed E-state index contributed by atoms with van der Waals surface area (Å²) in [6.07, 6.45) is 1.42. The van der Waals surface area contributed by atoms with Gasteiger partial charge in [0.15, 0.2) is 0 Å². The lowest BCUT2D eigenvalue weighted by Crippen LogP contribution is -2.32. The summed E-state index contributed by atoms with van der Waals surface area (Å²) in [4.78, 5) is 0. The zero-order valence-electron chi connectivity index (χ0n) is 12.1. The van der Waals surface area contributed by atoms with Gasteiger partial charge in [0, 0.05) is 7.11 Å². The van der Waals surface area contributed by atoms with Crippen LogP contribution in [0.15, 0.2) is 24.3 Å². The normalized spacial score (nSPS) is 14.4. The fraction of sp³-hybridized carbons (Fsp3) is 0.600. The maximum Gasteiger partial charge on any atom is 0.120 e. The number of methoxy groups -OCH3 is 1. The van der Waals surface area contributed by atoms with Gasteiger partial charge in [-0.25, -0.2) is 0 Å². The van der Waals surface area contributed by atoms with Gasteiger partial charge in [-0.2, -0.15) is 0 Å². The Labute approximate surface area is 115 Å². The van der Waals surface area contributed by atoms with Gasteiger partial charge in [-0.05, 0) is 50.9 Å². The summed E-state index contributed by atoms with van der Waals surface area (Å²) >= 11 is 0. The first kappa shape index (κ1) is 16.0. The van der Waals surface area contributed by atoms with Gasteiger partial charge in [0.05, 0.1) is 12.7 Å². The Hall–Kier alpha value is -1.10. The van der Waals surface area contributed by atoms with Crippen molar-refractivity contribution in [3.8, 4) is 5.75 Å². The highest BCUT2D eigenvalue weighted by Crippen LogP contribution is 2.29. The van der Waals surface area contributed by atoms with Gasteiger partial charge in [-0.1, -0.05) is 12.1 Å². The molecule has 0 heterocycles. The smallest absolute Gasteiger partial charge is 0.120 e. The van der Waals surface area contributed by atoms with E-state index >= 15 is 0 Å². The number of nitrogens with two attached hydrogens (primary N) is 1. The Morgan fingerprint density at radius 2 is 2.11 bits per heavy atom. The van der Waals surface area contributed by atoms with Crippen molar-refractivity contribution in [2.45, 2.75) is 38.4 Å². The lowest BCUT2D eigenvalue weighted by Gasteiger charge is -2.28. The molecule has 0 aliphatic heterocycles. The second kappa shape index (κ2) is 7.48. The SMILES string of the molecule is COCC(O)(CCCN)c1cccc(OC(C)C)c1. The van der Waals surface area contributed by atoms with Crippen molar-refractivity contribution in [2.75, 3.05) is 20.3 Å². The van der Waals surface area contributed by atoms with E-state index in [1.165, 1.54) is 0 Å². The third kappa shape index (κ3) is 4.82. The standard InChI is InChI=1S/C15H25NO3/c1-12(2)19-14-7-4-6-13(10-14)15(17,11-18-3)8-5-9-16/h4,6-7,10,12,17H,5,8-9,11,16H2,1-3H3. The first-order valence-corrected chi connectivity index (χ1v) is 6.70. The number of aliphatic hydroxyl groups is 1. The van der Waals surface area contributed by atoms with Crippen LogP contribution in [-0.4, -0.2) is 31.5 Å². The largest absolute Gasteiger partial charge is 0.491 e. The molecule has 0 saturated carbocycles. The van der Waals surface area contributed by atoms with E-state index in [1.54, 1.807) is 7.11 Å². The minimum atomic E-state index is -1.01. The fourth-order valence-electron chi connectivity index (χ4n) is 2.06. The highest BCUT2D eigenvalue weighted by Gasteiger charge is 2.29. The third-order valence-electron chi connectivity index (χ3n) is 2.92. The fourth-order valence-corrected chi connectivity index (χ4v) is 2.06. The van der Waals surface area contributed by atoms with Crippen molar-refractivity contribution in [2.24, 2.45) is 5.73 Å². The number of rotatable bonds is 8. The molecule has 4 heteroatoms. The van der Waals surface area contributed by atoms with Crippen LogP contribution in [0.3, 0.4) is 0 Å². The van der Waals surface area contributed by atoms with E-state index in [2.05, 4.69) is 0 Å². The first-order chi connectivity index (χ1) is 9.01. The first-order valence-electron chi connectivity index (χ1n) is 6.70. The van der Waals surface area contributed by atoms with Crippen LogP contribution in [0.5, 0.6) is 5.75 Å². The molecule has 1 atom stereocenters. The van der Waals surface area contributed by atoms with E-state index in [9.17, 15) is 5.11 Å². The van der Waals surface area contributed by atoms with Crippen LogP contribution in [0.1, 0.15) is 32.3 Å². The highest BCUT2D eigenvalue weighted by molar-refractivity contribution is 5.32. The molecule has 0 aliphatic rings. The van der Waals surface area contributed by atoms with E-state index in [1.807, 2.05) is 38.1 Å². The maximum absolute atomic E-state index is 10.7. The van der Waals surface area contributed by atoms with Crippen molar-refractivity contribution in [1.29, 1.82) is 0 Å². The van der Waals surface area contributed by atoms with E-state index in [0.29, 0.717) is 13.0 Å². The molecule has 1 aromatic rings. The van der Waals surface area contributed by atoms with Gasteiger partial charge < -0.3 is 20.3 Å². The van der Waals surface area contributed by atoms with E-state index in [-0.39, 0.29) is 12.7 Å². The molecule has 0 aliphatic carbocycles. The maximum atomic E-state index is 10.7. The molecule has 19 heavy (non-hydrogen) atoms. The second-order valence-corrected chi connectivity index (χ2v) is 5.05. The van der Waals surface area contributed by atoms with Crippen LogP contribution < -0.4 is 10.5 Å². The van der Waals surface area contributed by atoms with Crippen molar-refractivity contribution in [1.82, 2.24) is 0 Å². The molecule has 1 rings (SSSR count). The summed E-state index contributed by atoms with van der Waals surface area (Å²) < 4.78 is 10.8. The molecular weight excluding hydrogens is 242 g/mol. The lowest BCUT2D eigenvalue weighted by atomic mass is 9.89. The number of hydrogen-bond acceptors (Lipinski definition) is 4.